The molecule has 0 aliphatic carbocycles. The van der Waals surface area contributed by atoms with E-state index in [-0.39, 0.29) is 18.1 Å². The van der Waals surface area contributed by atoms with E-state index in [0.29, 0.717) is 13.0 Å². The molecule has 1 aromatic carbocycles. The summed E-state index contributed by atoms with van der Waals surface area (Å²) < 4.78 is 11.4. The lowest BCUT2D eigenvalue weighted by Gasteiger charge is -2.16. The first-order chi connectivity index (χ1) is 12.7. The van der Waals surface area contributed by atoms with Gasteiger partial charge in [0.2, 0.25) is 5.91 Å². The Bertz CT molecular complexity index is 699. The second-order valence-electron chi connectivity index (χ2n) is 6.65. The van der Waals surface area contributed by atoms with Crippen LogP contribution in [0.5, 0.6) is 5.75 Å². The minimum absolute atomic E-state index is 0.0628. The van der Waals surface area contributed by atoms with Crippen molar-refractivity contribution in [1.29, 1.82) is 0 Å². The number of nitrogens with zero attached hydrogens (tertiary/aromatic N) is 1. The molecule has 2 aromatic rings. The van der Waals surface area contributed by atoms with Gasteiger partial charge in [-0.05, 0) is 56.0 Å². The monoisotopic (exact) mass is 354 g/mol. The molecule has 3 rings (SSSR count). The summed E-state index contributed by atoms with van der Waals surface area (Å²) in [6, 6.07) is 13.5. The SMILES string of the molecule is C[C@@H](NC(=O)CC[C@H]1CCCO1)c1cccc(OCc2ccccn2)c1. The highest BCUT2D eigenvalue weighted by molar-refractivity contribution is 5.76. The van der Waals surface area contributed by atoms with E-state index in [1.807, 2.05) is 49.4 Å². The predicted octanol–water partition coefficient (Wildman–Crippen LogP) is 3.80. The Morgan fingerprint density at radius 2 is 2.27 bits per heavy atom. The van der Waals surface area contributed by atoms with E-state index in [4.69, 9.17) is 9.47 Å². The number of rotatable bonds is 8. The van der Waals surface area contributed by atoms with Crippen LogP contribution in [0.2, 0.25) is 0 Å². The Morgan fingerprint density at radius 3 is 3.04 bits per heavy atom. The molecular weight excluding hydrogens is 328 g/mol. The number of nitrogens with one attached hydrogen (secondary N) is 1. The van der Waals surface area contributed by atoms with E-state index < -0.39 is 0 Å². The van der Waals surface area contributed by atoms with Crippen LogP contribution in [0, 0.1) is 0 Å². The number of carbonyl (C=O) groups is 1. The van der Waals surface area contributed by atoms with Crippen LogP contribution in [0.3, 0.4) is 0 Å². The lowest BCUT2D eigenvalue weighted by molar-refractivity contribution is -0.122. The molecule has 1 N–H and O–H groups in total. The molecule has 5 nitrogen and oxygen atoms in total. The molecule has 138 valence electrons. The van der Waals surface area contributed by atoms with Crippen LogP contribution in [0.25, 0.3) is 0 Å². The summed E-state index contributed by atoms with van der Waals surface area (Å²) in [6.45, 7) is 3.24. The largest absolute Gasteiger partial charge is 0.487 e. The highest BCUT2D eigenvalue weighted by atomic mass is 16.5. The maximum atomic E-state index is 12.2. The van der Waals surface area contributed by atoms with Crippen molar-refractivity contribution in [3.05, 3.63) is 59.9 Å². The number of hydrogen-bond acceptors (Lipinski definition) is 4. The van der Waals surface area contributed by atoms with Crippen molar-refractivity contribution in [3.8, 4) is 5.75 Å². The van der Waals surface area contributed by atoms with E-state index in [0.717, 1.165) is 42.9 Å². The fraction of sp³-hybridized carbons (Fsp3) is 0.429. The molecule has 2 atom stereocenters. The molecular formula is C21H26N2O3. The third kappa shape index (κ3) is 5.56. The quantitative estimate of drug-likeness (QED) is 0.783. The van der Waals surface area contributed by atoms with Crippen molar-refractivity contribution in [2.24, 2.45) is 0 Å². The number of carbonyl (C=O) groups excluding carboxylic acids is 1. The minimum atomic E-state index is -0.0644. The first-order valence-electron chi connectivity index (χ1n) is 9.24. The van der Waals surface area contributed by atoms with E-state index in [2.05, 4.69) is 10.3 Å². The summed E-state index contributed by atoms with van der Waals surface area (Å²) in [4.78, 5) is 16.4. The highest BCUT2D eigenvalue weighted by Gasteiger charge is 2.17. The van der Waals surface area contributed by atoms with Gasteiger partial charge in [-0.3, -0.25) is 9.78 Å². The fourth-order valence-electron chi connectivity index (χ4n) is 3.08. The molecule has 1 amide bonds. The lowest BCUT2D eigenvalue weighted by atomic mass is 10.1. The molecule has 2 heterocycles. The number of hydrogen-bond donors (Lipinski definition) is 1. The number of pyridine rings is 1. The lowest BCUT2D eigenvalue weighted by Crippen LogP contribution is -2.27. The number of amides is 1. The smallest absolute Gasteiger partial charge is 0.220 e. The van der Waals surface area contributed by atoms with Crippen LogP contribution in [-0.2, 0) is 16.1 Å². The summed E-state index contributed by atoms with van der Waals surface area (Å²) in [5.74, 6) is 0.835. The molecule has 1 aromatic heterocycles. The molecule has 26 heavy (non-hydrogen) atoms. The molecule has 1 saturated heterocycles. The summed E-state index contributed by atoms with van der Waals surface area (Å²) in [5.41, 5.74) is 1.90. The standard InChI is InChI=1S/C21H26N2O3/c1-16(23-21(24)11-10-19-9-5-13-25-19)17-6-4-8-20(14-17)26-15-18-7-2-3-12-22-18/h2-4,6-8,12,14,16,19H,5,9-11,13,15H2,1H3,(H,23,24)/t16-,19-/m1/s1. The molecule has 0 spiro atoms. The van der Waals surface area contributed by atoms with Gasteiger partial charge in [0.1, 0.15) is 12.4 Å². The van der Waals surface area contributed by atoms with Crippen LogP contribution in [0.1, 0.15) is 49.9 Å². The van der Waals surface area contributed by atoms with Crippen LogP contribution < -0.4 is 10.1 Å². The number of ether oxygens (including phenoxy) is 2. The highest BCUT2D eigenvalue weighted by Crippen LogP contribution is 2.21. The van der Waals surface area contributed by atoms with Gasteiger partial charge in [-0.1, -0.05) is 18.2 Å². The molecule has 5 heteroatoms. The van der Waals surface area contributed by atoms with Crippen LogP contribution in [0.15, 0.2) is 48.7 Å². The van der Waals surface area contributed by atoms with E-state index in [1.54, 1.807) is 6.20 Å². The predicted molar refractivity (Wildman–Crippen MR) is 99.8 cm³/mol. The fourth-order valence-corrected chi connectivity index (χ4v) is 3.08. The Balaban J connectivity index is 1.48. The summed E-state index contributed by atoms with van der Waals surface area (Å²) in [6.07, 6.45) is 5.48. The van der Waals surface area contributed by atoms with Gasteiger partial charge in [0.25, 0.3) is 0 Å². The third-order valence-electron chi connectivity index (χ3n) is 4.57. The van der Waals surface area contributed by atoms with Gasteiger partial charge in [0.05, 0.1) is 17.8 Å². The Labute approximate surface area is 154 Å². The van der Waals surface area contributed by atoms with Crippen molar-refractivity contribution in [1.82, 2.24) is 10.3 Å². The zero-order valence-electron chi connectivity index (χ0n) is 15.2. The Kier molecular flexibility index (Phi) is 6.61. The van der Waals surface area contributed by atoms with Crippen molar-refractivity contribution in [2.45, 2.75) is 51.4 Å². The van der Waals surface area contributed by atoms with Crippen LogP contribution >= 0.6 is 0 Å². The normalized spacial score (nSPS) is 17.7. The first kappa shape index (κ1) is 18.4. The Hall–Kier alpha value is -2.40. The van der Waals surface area contributed by atoms with Gasteiger partial charge >= 0.3 is 0 Å². The average Bonchev–Trinajstić information content (AvgIpc) is 3.19. The van der Waals surface area contributed by atoms with E-state index in [1.165, 1.54) is 0 Å². The number of aromatic nitrogens is 1. The average molecular weight is 354 g/mol. The second kappa shape index (κ2) is 9.34. The topological polar surface area (TPSA) is 60.5 Å². The molecule has 0 saturated carbocycles. The van der Waals surface area contributed by atoms with Crippen molar-refractivity contribution in [3.63, 3.8) is 0 Å². The first-order valence-corrected chi connectivity index (χ1v) is 9.24. The van der Waals surface area contributed by atoms with Gasteiger partial charge in [-0.25, -0.2) is 0 Å². The van der Waals surface area contributed by atoms with E-state index >= 15 is 0 Å². The van der Waals surface area contributed by atoms with Gasteiger partial charge in [0.15, 0.2) is 0 Å². The summed E-state index contributed by atoms with van der Waals surface area (Å²) in [7, 11) is 0. The molecule has 0 unspecified atom stereocenters. The molecule has 1 aliphatic heterocycles. The van der Waals surface area contributed by atoms with Gasteiger partial charge < -0.3 is 14.8 Å². The van der Waals surface area contributed by atoms with Crippen molar-refractivity contribution >= 4 is 5.91 Å². The molecule has 0 bridgehead atoms. The minimum Gasteiger partial charge on any atom is -0.487 e. The maximum absolute atomic E-state index is 12.2. The summed E-state index contributed by atoms with van der Waals surface area (Å²) >= 11 is 0. The van der Waals surface area contributed by atoms with Gasteiger partial charge in [-0.15, -0.1) is 0 Å². The van der Waals surface area contributed by atoms with Gasteiger partial charge in [0, 0.05) is 19.2 Å². The van der Waals surface area contributed by atoms with Crippen LogP contribution in [-0.4, -0.2) is 23.6 Å². The summed E-state index contributed by atoms with van der Waals surface area (Å²) in [5, 5.41) is 3.06. The molecule has 0 radical (unpaired) electrons. The van der Waals surface area contributed by atoms with Gasteiger partial charge in [-0.2, -0.15) is 0 Å². The molecule has 1 fully saturated rings. The zero-order valence-corrected chi connectivity index (χ0v) is 15.2. The number of benzene rings is 1. The van der Waals surface area contributed by atoms with Crippen molar-refractivity contribution < 1.29 is 14.3 Å². The van der Waals surface area contributed by atoms with Crippen LogP contribution in [0.4, 0.5) is 0 Å². The maximum Gasteiger partial charge on any atom is 0.220 e. The molecule has 1 aliphatic rings. The zero-order chi connectivity index (χ0) is 18.2. The van der Waals surface area contributed by atoms with E-state index in [9.17, 15) is 4.79 Å². The third-order valence-corrected chi connectivity index (χ3v) is 4.57. The second-order valence-corrected chi connectivity index (χ2v) is 6.65. The van der Waals surface area contributed by atoms with Crippen molar-refractivity contribution in [2.75, 3.05) is 6.61 Å². The Morgan fingerprint density at radius 1 is 1.35 bits per heavy atom.